The van der Waals surface area contributed by atoms with Crippen LogP contribution in [0.3, 0.4) is 0 Å². The Morgan fingerprint density at radius 1 is 1.00 bits per heavy atom. The van der Waals surface area contributed by atoms with Crippen LogP contribution in [0.5, 0.6) is 0 Å². The fourth-order valence-corrected chi connectivity index (χ4v) is 5.44. The summed E-state index contributed by atoms with van der Waals surface area (Å²) in [6, 6.07) is 5.50. The molecule has 0 radical (unpaired) electrons. The number of allylic oxidation sites excluding steroid dienone is 1. The molecule has 2 rings (SSSR count). The van der Waals surface area contributed by atoms with Crippen molar-refractivity contribution in [3.05, 3.63) is 59.7 Å². The number of hydrogen-bond donors (Lipinski definition) is 1. The van der Waals surface area contributed by atoms with Crippen LogP contribution >= 0.6 is 0 Å². The van der Waals surface area contributed by atoms with Gasteiger partial charge in [0.1, 0.15) is 0 Å². The molecule has 0 amide bonds. The average Bonchev–Trinajstić information content (AvgIpc) is 2.82. The summed E-state index contributed by atoms with van der Waals surface area (Å²) in [7, 11) is 0. The fourth-order valence-electron chi connectivity index (χ4n) is 5.44. The first-order valence-electron chi connectivity index (χ1n) is 13.3. The van der Waals surface area contributed by atoms with Gasteiger partial charge >= 0.3 is 11.8 Å². The lowest BCUT2D eigenvalue weighted by molar-refractivity contribution is -0.249. The molecule has 1 unspecified atom stereocenters. The van der Waals surface area contributed by atoms with Crippen LogP contribution in [0.25, 0.3) is 0 Å². The predicted octanol–water partition coefficient (Wildman–Crippen LogP) is 9.25. The topological polar surface area (TPSA) is 20.2 Å². The second-order valence-corrected chi connectivity index (χ2v) is 10.8. The fraction of sp³-hybridized carbons (Fsp3) is 0.667. The smallest absolute Gasteiger partial charge is 0.335 e. The predicted molar refractivity (Wildman–Crippen MR) is 137 cm³/mol. The SMILES string of the molecule is C=C(C)CC(CCC1CCC(C(F)(F)C(F)(F)c2ccc(CCCCC)cc2)CC1)CC(=C)CO. The Labute approximate surface area is 209 Å². The highest BCUT2D eigenvalue weighted by Gasteiger charge is 2.61. The minimum Gasteiger partial charge on any atom is -0.392 e. The highest BCUT2D eigenvalue weighted by atomic mass is 19.3. The number of aliphatic hydroxyl groups is 1. The summed E-state index contributed by atoms with van der Waals surface area (Å²) >= 11 is 0. The van der Waals surface area contributed by atoms with Crippen molar-refractivity contribution < 1.29 is 22.7 Å². The molecule has 1 N–H and O–H groups in total. The van der Waals surface area contributed by atoms with E-state index in [-0.39, 0.29) is 25.4 Å². The van der Waals surface area contributed by atoms with Crippen molar-refractivity contribution in [1.82, 2.24) is 0 Å². The average molecular weight is 497 g/mol. The van der Waals surface area contributed by atoms with Crippen molar-refractivity contribution in [3.63, 3.8) is 0 Å². The summed E-state index contributed by atoms with van der Waals surface area (Å²) < 4.78 is 60.2. The Hall–Kier alpha value is -1.62. The van der Waals surface area contributed by atoms with Gasteiger partial charge in [0.25, 0.3) is 0 Å². The second-order valence-electron chi connectivity index (χ2n) is 10.8. The van der Waals surface area contributed by atoms with Crippen molar-refractivity contribution in [3.8, 4) is 0 Å². The molecule has 35 heavy (non-hydrogen) atoms. The lowest BCUT2D eigenvalue weighted by Gasteiger charge is -2.38. The number of aryl methyl sites for hydroxylation is 1. The molecule has 198 valence electrons. The summed E-state index contributed by atoms with van der Waals surface area (Å²) in [5.74, 6) is -8.96. The van der Waals surface area contributed by atoms with Gasteiger partial charge in [0.15, 0.2) is 0 Å². The van der Waals surface area contributed by atoms with Gasteiger partial charge in [-0.3, -0.25) is 0 Å². The van der Waals surface area contributed by atoms with Crippen LogP contribution in [-0.2, 0) is 12.3 Å². The van der Waals surface area contributed by atoms with E-state index in [4.69, 9.17) is 0 Å². The van der Waals surface area contributed by atoms with E-state index in [0.29, 0.717) is 18.8 Å². The van der Waals surface area contributed by atoms with E-state index >= 15 is 8.78 Å². The van der Waals surface area contributed by atoms with Gasteiger partial charge in [0, 0.05) is 11.5 Å². The molecule has 1 aromatic carbocycles. The molecular weight excluding hydrogens is 452 g/mol. The number of rotatable bonds is 15. The van der Waals surface area contributed by atoms with Crippen molar-refractivity contribution in [2.45, 2.75) is 103 Å². The van der Waals surface area contributed by atoms with E-state index in [1.54, 1.807) is 12.1 Å². The Morgan fingerprint density at radius 3 is 2.17 bits per heavy atom. The molecular formula is C30H44F4O. The number of unbranched alkanes of at least 4 members (excludes halogenated alkanes) is 2. The molecule has 0 saturated heterocycles. The van der Waals surface area contributed by atoms with Crippen LogP contribution < -0.4 is 0 Å². The third kappa shape index (κ3) is 8.48. The van der Waals surface area contributed by atoms with Crippen LogP contribution in [0, 0.1) is 17.8 Å². The molecule has 1 saturated carbocycles. The molecule has 1 aliphatic rings. The molecule has 1 atom stereocenters. The maximum absolute atomic E-state index is 15.1. The van der Waals surface area contributed by atoms with E-state index in [1.807, 2.05) is 6.92 Å². The van der Waals surface area contributed by atoms with Crippen LogP contribution in [0.2, 0.25) is 0 Å². The molecule has 1 fully saturated rings. The van der Waals surface area contributed by atoms with Gasteiger partial charge in [0.2, 0.25) is 0 Å². The maximum Gasteiger partial charge on any atom is 0.335 e. The summed E-state index contributed by atoms with van der Waals surface area (Å²) in [6.07, 6.45) is 8.57. The van der Waals surface area contributed by atoms with E-state index in [0.717, 1.165) is 68.1 Å². The van der Waals surface area contributed by atoms with E-state index in [1.165, 1.54) is 12.1 Å². The number of alkyl halides is 4. The summed E-state index contributed by atoms with van der Waals surface area (Å²) in [5.41, 5.74) is 2.18. The quantitative estimate of drug-likeness (QED) is 0.146. The monoisotopic (exact) mass is 496 g/mol. The summed E-state index contributed by atoms with van der Waals surface area (Å²) in [4.78, 5) is 0. The Morgan fingerprint density at radius 2 is 1.63 bits per heavy atom. The van der Waals surface area contributed by atoms with Gasteiger partial charge in [-0.15, -0.1) is 6.58 Å². The van der Waals surface area contributed by atoms with Gasteiger partial charge in [-0.25, -0.2) is 0 Å². The largest absolute Gasteiger partial charge is 0.392 e. The van der Waals surface area contributed by atoms with E-state index in [2.05, 4.69) is 20.1 Å². The third-order valence-corrected chi connectivity index (χ3v) is 7.58. The van der Waals surface area contributed by atoms with Crippen LogP contribution in [0.4, 0.5) is 17.6 Å². The summed E-state index contributed by atoms with van der Waals surface area (Å²) in [6.45, 7) is 11.9. The second kappa shape index (κ2) is 13.6. The van der Waals surface area contributed by atoms with E-state index < -0.39 is 23.3 Å². The highest BCUT2D eigenvalue weighted by Crippen LogP contribution is 2.52. The molecule has 1 nitrogen and oxygen atoms in total. The zero-order valence-corrected chi connectivity index (χ0v) is 21.6. The van der Waals surface area contributed by atoms with Crippen LogP contribution in [-0.4, -0.2) is 17.6 Å². The Kier molecular flexibility index (Phi) is 11.5. The lowest BCUT2D eigenvalue weighted by Crippen LogP contribution is -2.45. The molecule has 0 aliphatic heterocycles. The lowest BCUT2D eigenvalue weighted by atomic mass is 9.74. The number of aliphatic hydroxyl groups excluding tert-OH is 1. The first-order valence-corrected chi connectivity index (χ1v) is 13.3. The third-order valence-electron chi connectivity index (χ3n) is 7.58. The standard InChI is InChI=1S/C30H44F4O/c1-5-6-7-8-24-11-15-27(16-12-24)29(31,32)30(33,34)28-17-13-25(14-18-28)9-10-26(19-22(2)3)20-23(4)21-35/h11-12,15-16,25-26,28,35H,2,4-10,13-14,17-21H2,1,3H3. The number of benzene rings is 1. The van der Waals surface area contributed by atoms with Crippen molar-refractivity contribution >= 4 is 0 Å². The molecule has 0 heterocycles. The van der Waals surface area contributed by atoms with Gasteiger partial charge < -0.3 is 5.11 Å². The van der Waals surface area contributed by atoms with Crippen molar-refractivity contribution in [2.24, 2.45) is 17.8 Å². The molecule has 0 bridgehead atoms. The highest BCUT2D eigenvalue weighted by molar-refractivity contribution is 5.28. The van der Waals surface area contributed by atoms with Crippen molar-refractivity contribution in [2.75, 3.05) is 6.61 Å². The minimum absolute atomic E-state index is 0.0390. The molecule has 5 heteroatoms. The first kappa shape index (κ1) is 29.6. The van der Waals surface area contributed by atoms with E-state index in [9.17, 15) is 13.9 Å². The Balaban J connectivity index is 1.93. The molecule has 0 spiro atoms. The minimum atomic E-state index is -4.18. The summed E-state index contributed by atoms with van der Waals surface area (Å²) in [5, 5.41) is 9.29. The van der Waals surface area contributed by atoms with Crippen LogP contribution in [0.15, 0.2) is 48.6 Å². The van der Waals surface area contributed by atoms with Crippen molar-refractivity contribution in [1.29, 1.82) is 0 Å². The van der Waals surface area contributed by atoms with Crippen LogP contribution in [0.1, 0.15) is 95.6 Å². The molecule has 1 aliphatic carbocycles. The number of hydrogen-bond acceptors (Lipinski definition) is 1. The first-order chi connectivity index (χ1) is 16.5. The van der Waals surface area contributed by atoms with Gasteiger partial charge in [0.05, 0.1) is 6.61 Å². The zero-order valence-electron chi connectivity index (χ0n) is 21.6. The Bertz CT molecular complexity index is 791. The van der Waals surface area contributed by atoms with Gasteiger partial charge in [-0.1, -0.05) is 68.2 Å². The van der Waals surface area contributed by atoms with Gasteiger partial charge in [-0.2, -0.15) is 17.6 Å². The van der Waals surface area contributed by atoms with Gasteiger partial charge in [-0.05, 0) is 82.1 Å². The number of halogens is 4. The maximum atomic E-state index is 15.1. The molecule has 0 aromatic heterocycles. The zero-order chi connectivity index (χ0) is 26.1. The molecule has 1 aromatic rings. The normalized spacial score (nSPS) is 20.0.